The van der Waals surface area contributed by atoms with Crippen LogP contribution in [0.5, 0.6) is 5.75 Å². The number of nitrogens with one attached hydrogen (secondary N) is 1. The Bertz CT molecular complexity index is 414. The maximum absolute atomic E-state index is 6.20. The minimum absolute atomic E-state index is 0.290. The summed E-state index contributed by atoms with van der Waals surface area (Å²) in [6.45, 7) is 8.71. The smallest absolute Gasteiger partial charge is 0.120 e. The highest BCUT2D eigenvalue weighted by molar-refractivity contribution is 5.38. The Morgan fingerprint density at radius 1 is 1.15 bits per heavy atom. The van der Waals surface area contributed by atoms with E-state index in [0.29, 0.717) is 12.0 Å². The van der Waals surface area contributed by atoms with Crippen molar-refractivity contribution in [3.63, 3.8) is 0 Å². The van der Waals surface area contributed by atoms with Gasteiger partial charge in [-0.25, -0.2) is 0 Å². The molecule has 1 N–H and O–H groups in total. The molecule has 1 aliphatic rings. The lowest BCUT2D eigenvalue weighted by molar-refractivity contribution is 0.185. The third-order valence-electron chi connectivity index (χ3n) is 3.91. The van der Waals surface area contributed by atoms with E-state index in [1.54, 1.807) is 0 Å². The van der Waals surface area contributed by atoms with Crippen molar-refractivity contribution < 1.29 is 4.74 Å². The van der Waals surface area contributed by atoms with Crippen LogP contribution in [0.4, 0.5) is 0 Å². The molecule has 0 radical (unpaired) electrons. The lowest BCUT2D eigenvalue weighted by atomic mass is 10.1. The Morgan fingerprint density at radius 3 is 2.70 bits per heavy atom. The van der Waals surface area contributed by atoms with Crippen LogP contribution in [0.25, 0.3) is 0 Å². The summed E-state index contributed by atoms with van der Waals surface area (Å²) in [6, 6.07) is 6.66. The van der Waals surface area contributed by atoms with Gasteiger partial charge in [-0.2, -0.15) is 0 Å². The van der Waals surface area contributed by atoms with Gasteiger partial charge in [0, 0.05) is 6.54 Å². The number of ether oxygens (including phenoxy) is 1. The topological polar surface area (TPSA) is 21.3 Å². The molecule has 1 atom stereocenters. The van der Waals surface area contributed by atoms with E-state index >= 15 is 0 Å². The molecule has 1 aromatic rings. The third-order valence-corrected chi connectivity index (χ3v) is 3.91. The summed E-state index contributed by atoms with van der Waals surface area (Å²) in [7, 11) is 0. The van der Waals surface area contributed by atoms with Crippen LogP contribution < -0.4 is 10.1 Å². The molecule has 2 heteroatoms. The summed E-state index contributed by atoms with van der Waals surface area (Å²) >= 11 is 0. The molecule has 1 unspecified atom stereocenters. The first-order valence-corrected chi connectivity index (χ1v) is 8.18. The van der Waals surface area contributed by atoms with Gasteiger partial charge in [0.2, 0.25) is 0 Å². The molecule has 1 aliphatic carbocycles. The normalized spacial score (nSPS) is 15.4. The SMILES string of the molecule is CCCC(CNCC(C)C)Oc1ccc2c(c1)CCC2. The molecule has 20 heavy (non-hydrogen) atoms. The summed E-state index contributed by atoms with van der Waals surface area (Å²) in [5, 5.41) is 3.52. The summed E-state index contributed by atoms with van der Waals surface area (Å²) in [5.74, 6) is 1.74. The lowest BCUT2D eigenvalue weighted by Gasteiger charge is -2.20. The largest absolute Gasteiger partial charge is 0.489 e. The van der Waals surface area contributed by atoms with Gasteiger partial charge in [-0.1, -0.05) is 33.3 Å². The van der Waals surface area contributed by atoms with E-state index in [4.69, 9.17) is 4.74 Å². The summed E-state index contributed by atoms with van der Waals surface area (Å²) in [5.41, 5.74) is 3.01. The maximum Gasteiger partial charge on any atom is 0.120 e. The highest BCUT2D eigenvalue weighted by atomic mass is 16.5. The van der Waals surface area contributed by atoms with Crippen molar-refractivity contribution in [1.82, 2.24) is 5.32 Å². The number of fused-ring (bicyclic) bond motifs is 1. The Labute approximate surface area is 123 Å². The molecule has 0 fully saturated rings. The van der Waals surface area contributed by atoms with Crippen molar-refractivity contribution >= 4 is 0 Å². The van der Waals surface area contributed by atoms with E-state index in [9.17, 15) is 0 Å². The Kier molecular flexibility index (Phi) is 5.90. The quantitative estimate of drug-likeness (QED) is 0.775. The zero-order valence-corrected chi connectivity index (χ0v) is 13.2. The average molecular weight is 275 g/mol. The molecule has 0 saturated carbocycles. The zero-order chi connectivity index (χ0) is 14.4. The monoisotopic (exact) mass is 275 g/mol. The van der Waals surface area contributed by atoms with Gasteiger partial charge in [0.25, 0.3) is 0 Å². The van der Waals surface area contributed by atoms with Crippen molar-refractivity contribution in [2.75, 3.05) is 13.1 Å². The molecule has 0 amide bonds. The summed E-state index contributed by atoms with van der Waals surface area (Å²) in [4.78, 5) is 0. The van der Waals surface area contributed by atoms with Gasteiger partial charge >= 0.3 is 0 Å². The lowest BCUT2D eigenvalue weighted by Crippen LogP contribution is -2.33. The molecule has 0 saturated heterocycles. The van der Waals surface area contributed by atoms with Gasteiger partial charge in [-0.05, 0) is 61.4 Å². The third kappa shape index (κ3) is 4.52. The Balaban J connectivity index is 1.89. The second kappa shape index (κ2) is 7.68. The molecule has 112 valence electrons. The molecule has 1 aromatic carbocycles. The van der Waals surface area contributed by atoms with Crippen LogP contribution in [-0.4, -0.2) is 19.2 Å². The van der Waals surface area contributed by atoms with Crippen molar-refractivity contribution in [2.24, 2.45) is 5.92 Å². The number of hydrogen-bond acceptors (Lipinski definition) is 2. The average Bonchev–Trinajstić information content (AvgIpc) is 2.86. The van der Waals surface area contributed by atoms with Gasteiger partial charge in [-0.15, -0.1) is 0 Å². The van der Waals surface area contributed by atoms with E-state index in [-0.39, 0.29) is 0 Å². The number of aryl methyl sites for hydroxylation is 2. The fraction of sp³-hybridized carbons (Fsp3) is 0.667. The minimum Gasteiger partial charge on any atom is -0.489 e. The van der Waals surface area contributed by atoms with E-state index in [0.717, 1.165) is 25.3 Å². The van der Waals surface area contributed by atoms with Crippen molar-refractivity contribution in [2.45, 2.75) is 59.0 Å². The van der Waals surface area contributed by atoms with Gasteiger partial charge < -0.3 is 10.1 Å². The van der Waals surface area contributed by atoms with Gasteiger partial charge in [0.15, 0.2) is 0 Å². The molecule has 2 nitrogen and oxygen atoms in total. The first-order valence-electron chi connectivity index (χ1n) is 8.18. The second-order valence-corrected chi connectivity index (χ2v) is 6.36. The molecule has 0 bridgehead atoms. The molecule has 2 rings (SSSR count). The summed E-state index contributed by atoms with van der Waals surface area (Å²) in [6.07, 6.45) is 6.33. The van der Waals surface area contributed by atoms with Gasteiger partial charge in [0.05, 0.1) is 0 Å². The van der Waals surface area contributed by atoms with E-state index in [1.807, 2.05) is 0 Å². The second-order valence-electron chi connectivity index (χ2n) is 6.36. The van der Waals surface area contributed by atoms with Gasteiger partial charge in [0.1, 0.15) is 11.9 Å². The zero-order valence-electron chi connectivity index (χ0n) is 13.2. The number of hydrogen-bond donors (Lipinski definition) is 1. The predicted octanol–water partition coefficient (Wildman–Crippen LogP) is 3.97. The van der Waals surface area contributed by atoms with Crippen molar-refractivity contribution in [3.8, 4) is 5.75 Å². The highest BCUT2D eigenvalue weighted by Gasteiger charge is 2.14. The highest BCUT2D eigenvalue weighted by Crippen LogP contribution is 2.26. The minimum atomic E-state index is 0.290. The molecule has 0 aliphatic heterocycles. The van der Waals surface area contributed by atoms with E-state index < -0.39 is 0 Å². The van der Waals surface area contributed by atoms with Crippen LogP contribution in [0.2, 0.25) is 0 Å². The number of benzene rings is 1. The van der Waals surface area contributed by atoms with E-state index in [2.05, 4.69) is 44.3 Å². The molecular weight excluding hydrogens is 246 g/mol. The molecule has 0 spiro atoms. The Hall–Kier alpha value is -1.02. The number of rotatable bonds is 8. The standard InChI is InChI=1S/C18H29NO/c1-4-6-18(13-19-12-14(2)3)20-17-10-9-15-7-5-8-16(15)11-17/h9-11,14,18-19H,4-8,12-13H2,1-3H3. The molecule has 0 heterocycles. The molecule has 0 aromatic heterocycles. The van der Waals surface area contributed by atoms with Crippen LogP contribution in [0.1, 0.15) is 51.2 Å². The Morgan fingerprint density at radius 2 is 1.95 bits per heavy atom. The summed E-state index contributed by atoms with van der Waals surface area (Å²) < 4.78 is 6.20. The maximum atomic E-state index is 6.20. The fourth-order valence-corrected chi connectivity index (χ4v) is 2.87. The van der Waals surface area contributed by atoms with E-state index in [1.165, 1.54) is 36.8 Å². The predicted molar refractivity (Wildman–Crippen MR) is 85.5 cm³/mol. The van der Waals surface area contributed by atoms with Crippen LogP contribution >= 0.6 is 0 Å². The van der Waals surface area contributed by atoms with Crippen molar-refractivity contribution in [3.05, 3.63) is 29.3 Å². The van der Waals surface area contributed by atoms with Crippen molar-refractivity contribution in [1.29, 1.82) is 0 Å². The van der Waals surface area contributed by atoms with Gasteiger partial charge in [-0.3, -0.25) is 0 Å². The van der Waals surface area contributed by atoms with Crippen LogP contribution in [0.3, 0.4) is 0 Å². The molecular formula is C18H29NO. The van der Waals surface area contributed by atoms with Crippen LogP contribution in [-0.2, 0) is 12.8 Å². The first kappa shape index (κ1) is 15.4. The first-order chi connectivity index (χ1) is 9.69. The van der Waals surface area contributed by atoms with Crippen LogP contribution in [0.15, 0.2) is 18.2 Å². The van der Waals surface area contributed by atoms with Crippen LogP contribution in [0, 0.1) is 5.92 Å². The fourth-order valence-electron chi connectivity index (χ4n) is 2.87.